The molecule has 4 radical (unpaired) electrons. The number of aromatic amines is 3. The Hall–Kier alpha value is -14.5. The number of carbonyl (C=O) groups excluding carboxylic acids is 6. The Kier molecular flexibility index (Phi) is 42.8. The SMILES string of the molecule is CCNC(=O)CCC(=O)Oc1ccc(O)c(C=Nc2cc3[nH]c(=O)c(CC(C)C)nc3cc2N=Cc2cc(O)ccc2O)c1.CCNC(=O)CCC(=O)Oc1ccc(O)c(C=Nc2cc3[nH]c(=O)c(CC(C)C)nc3cc2N=Cc2cc(O)ccc2O)c1.CCNC(=O)CCC(=O)Oc1ccc(O)c(C=Nc2cc3nc(CC(C)C)c(=O)[nH]c3cc2N=Cc2cc(O)ccc2O)c1.[Cu+2].[Cu+2].[Cu].[Cu]. The number of ether oxygens (including phenoxy) is 3. The zero-order valence-corrected chi connectivity index (χ0v) is 78.5. The molecule has 0 saturated heterocycles. The van der Waals surface area contributed by atoms with E-state index in [4.69, 9.17) is 14.2 Å². The van der Waals surface area contributed by atoms with E-state index in [1.165, 1.54) is 146 Å². The van der Waals surface area contributed by atoms with Gasteiger partial charge in [-0.15, -0.1) is 0 Å². The predicted octanol–water partition coefficient (Wildman–Crippen LogP) is 13.7. The molecule has 15 N–H and O–H groups in total. The Morgan fingerprint density at radius 3 is 0.757 bits per heavy atom. The molecule has 3 amide bonds. The number of esters is 3. The second-order valence-electron chi connectivity index (χ2n) is 31.1. The van der Waals surface area contributed by atoms with Crippen molar-refractivity contribution in [3.8, 4) is 69.0 Å². The molecule has 40 heteroatoms. The van der Waals surface area contributed by atoms with Crippen LogP contribution in [0.5, 0.6) is 69.0 Å². The molecule has 0 fully saturated rings. The summed E-state index contributed by atoms with van der Waals surface area (Å²) in [5, 5.41) is 99.3. The zero-order chi connectivity index (χ0) is 95.4. The second kappa shape index (κ2) is 52.8. The van der Waals surface area contributed by atoms with Gasteiger partial charge < -0.3 is 91.1 Å². The quantitative estimate of drug-likeness (QED) is 0.00597. The molecule has 0 aliphatic carbocycles. The van der Waals surface area contributed by atoms with E-state index in [9.17, 15) is 89.1 Å². The molecule has 0 unspecified atom stereocenters. The third-order valence-corrected chi connectivity index (χ3v) is 19.0. The van der Waals surface area contributed by atoms with Gasteiger partial charge in [0.05, 0.1) is 86.5 Å². The summed E-state index contributed by atoms with van der Waals surface area (Å²) in [5.74, 6) is -2.43. The minimum atomic E-state index is -0.612. The van der Waals surface area contributed by atoms with Crippen molar-refractivity contribution >= 4 is 140 Å². The van der Waals surface area contributed by atoms with Crippen molar-refractivity contribution in [2.45, 2.75) is 120 Å². The van der Waals surface area contributed by atoms with Crippen LogP contribution < -0.4 is 46.8 Å². The fraction of sp³-hybridized carbons (Fsp3) is 0.250. The van der Waals surface area contributed by atoms with Crippen LogP contribution in [0.25, 0.3) is 33.1 Å². The van der Waals surface area contributed by atoms with Crippen molar-refractivity contribution in [2.24, 2.45) is 47.7 Å². The third-order valence-electron chi connectivity index (χ3n) is 19.0. The summed E-state index contributed by atoms with van der Waals surface area (Å²) in [6.45, 7) is 18.6. The molecule has 9 aromatic carbocycles. The summed E-state index contributed by atoms with van der Waals surface area (Å²) in [7, 11) is 0. The summed E-state index contributed by atoms with van der Waals surface area (Å²) in [6, 6.07) is 34.2. The van der Waals surface area contributed by atoms with Crippen LogP contribution in [0.1, 0.15) is 151 Å². The maximum absolute atomic E-state index is 12.7. The van der Waals surface area contributed by atoms with E-state index >= 15 is 0 Å². The third kappa shape index (κ3) is 33.0. The summed E-state index contributed by atoms with van der Waals surface area (Å²) < 4.78 is 16.0. The number of hydrogen-bond donors (Lipinski definition) is 15. The first-order chi connectivity index (χ1) is 63.0. The molecule has 12 rings (SSSR count). The number of phenolic OH excluding ortho intramolecular Hbond substituents is 9. The number of benzene rings is 9. The Morgan fingerprint density at radius 2 is 0.537 bits per heavy atom. The number of hydrogen-bond acceptors (Lipinski definition) is 30. The van der Waals surface area contributed by atoms with Gasteiger partial charge in [-0.2, -0.15) is 0 Å². The molecule has 0 bridgehead atoms. The number of carbonyl (C=O) groups is 6. The number of phenols is 9. The van der Waals surface area contributed by atoms with E-state index in [1.807, 2.05) is 41.5 Å². The van der Waals surface area contributed by atoms with Crippen LogP contribution in [0.4, 0.5) is 34.1 Å². The van der Waals surface area contributed by atoms with E-state index in [1.54, 1.807) is 57.2 Å². The van der Waals surface area contributed by atoms with E-state index in [0.717, 1.165) is 0 Å². The van der Waals surface area contributed by atoms with Crippen LogP contribution in [0.15, 0.2) is 190 Å². The molecule has 0 spiro atoms. The van der Waals surface area contributed by atoms with Crippen molar-refractivity contribution < 1.29 is 157 Å². The first-order valence-corrected chi connectivity index (χ1v) is 42.0. The second-order valence-corrected chi connectivity index (χ2v) is 31.1. The van der Waals surface area contributed by atoms with Gasteiger partial charge in [0, 0.05) is 144 Å². The Bertz CT molecular complexity index is 6450. The number of nitrogens with zero attached hydrogens (tertiary/aromatic N) is 9. The Labute approximate surface area is 821 Å². The standard InChI is InChI=1S/3C32H33N5O7.4Cu/c1-4-33-30(41)9-10-31(42)44-22-6-8-29(40)20(13-22)17-35-23-14-25-26(37-32(43)27(36-25)11-18(2)3)15-24(23)34-16-19-12-21(38)5-7-28(19)39;2*1-4-33-30(41)9-10-31(42)44-22-6-8-29(40)20(13-22)17-35-24-15-26-25(36-27(11-18(2)3)32(43)37-26)14-23(24)34-16-19-12-21(38)5-7-28(19)39;;;;/h3*5-8,12-18,38-40H,4,9-11H2,1-3H3,(H,33,41)(H,37,43);;;;/q;;;;;2*+2. The van der Waals surface area contributed by atoms with Gasteiger partial charge in [0.15, 0.2) is 0 Å². The fourth-order valence-electron chi connectivity index (χ4n) is 12.6. The molecule has 0 atom stereocenters. The molecule has 0 aliphatic rings. The molecule has 0 aliphatic heterocycles. The number of nitrogens with one attached hydrogen (secondary N) is 6. The van der Waals surface area contributed by atoms with Gasteiger partial charge in [0.1, 0.15) is 86.1 Å². The molecule has 3 aromatic heterocycles. The van der Waals surface area contributed by atoms with Crippen LogP contribution in [0.3, 0.4) is 0 Å². The fourth-order valence-corrected chi connectivity index (χ4v) is 12.6. The maximum atomic E-state index is 12.7. The number of amides is 3. The first kappa shape index (κ1) is 110. The molecular weight excluding hydrogens is 1950 g/mol. The number of fused-ring (bicyclic) bond motifs is 3. The normalized spacial score (nSPS) is 11.2. The zero-order valence-electron chi connectivity index (χ0n) is 74.7. The van der Waals surface area contributed by atoms with Crippen LogP contribution in [-0.4, -0.2) is 168 Å². The maximum Gasteiger partial charge on any atom is 2.00 e. The van der Waals surface area contributed by atoms with Gasteiger partial charge in [-0.25, -0.2) is 15.0 Å². The van der Waals surface area contributed by atoms with Crippen molar-refractivity contribution in [2.75, 3.05) is 19.6 Å². The van der Waals surface area contributed by atoms with Gasteiger partial charge in [-0.3, -0.25) is 73.1 Å². The topological polar surface area (TPSA) is 560 Å². The van der Waals surface area contributed by atoms with Crippen molar-refractivity contribution in [3.05, 3.63) is 227 Å². The number of aromatic nitrogens is 6. The molecule has 3 heterocycles. The first-order valence-electron chi connectivity index (χ1n) is 42.0. The van der Waals surface area contributed by atoms with Gasteiger partial charge >= 0.3 is 52.0 Å². The van der Waals surface area contributed by atoms with E-state index in [-0.39, 0.29) is 278 Å². The van der Waals surface area contributed by atoms with Gasteiger partial charge in [-0.1, -0.05) is 41.5 Å². The molecule has 12 aromatic rings. The van der Waals surface area contributed by atoms with Crippen LogP contribution in [-0.2, 0) is 116 Å². The van der Waals surface area contributed by atoms with Gasteiger partial charge in [0.25, 0.3) is 16.7 Å². The van der Waals surface area contributed by atoms with E-state index < -0.39 is 17.9 Å². The van der Waals surface area contributed by atoms with Crippen LogP contribution in [0, 0.1) is 17.8 Å². The van der Waals surface area contributed by atoms with Gasteiger partial charge in [0.2, 0.25) is 17.7 Å². The average Bonchev–Trinajstić information content (AvgIpc) is 0.795. The van der Waals surface area contributed by atoms with Crippen molar-refractivity contribution in [1.82, 2.24) is 45.9 Å². The average molecular weight is 2050 g/mol. The number of aliphatic imine (C=N–C) groups is 6. The Balaban J connectivity index is 0.000000309. The summed E-state index contributed by atoms with van der Waals surface area (Å²) in [5.41, 5.74) is 6.07. The summed E-state index contributed by atoms with van der Waals surface area (Å²) in [4.78, 5) is 159. The predicted molar refractivity (Wildman–Crippen MR) is 501 cm³/mol. The van der Waals surface area contributed by atoms with Crippen molar-refractivity contribution in [1.29, 1.82) is 0 Å². The van der Waals surface area contributed by atoms with Gasteiger partial charge in [-0.05, 0) is 203 Å². The van der Waals surface area contributed by atoms with Crippen LogP contribution >= 0.6 is 0 Å². The molecule has 136 heavy (non-hydrogen) atoms. The van der Waals surface area contributed by atoms with E-state index in [0.29, 0.717) is 106 Å². The monoisotopic (exact) mass is 2050 g/mol. The number of H-pyrrole nitrogens is 3. The minimum Gasteiger partial charge on any atom is -0.508 e. The number of rotatable bonds is 33. The number of aromatic hydroxyl groups is 9. The molecule has 0 saturated carbocycles. The largest absolute Gasteiger partial charge is 2.00 e. The van der Waals surface area contributed by atoms with Crippen LogP contribution in [0.2, 0.25) is 0 Å². The molecule has 36 nitrogen and oxygen atoms in total. The Morgan fingerprint density at radius 1 is 0.324 bits per heavy atom. The van der Waals surface area contributed by atoms with Crippen molar-refractivity contribution in [3.63, 3.8) is 0 Å². The smallest absolute Gasteiger partial charge is 0.508 e. The molecular formula is C96H99Cu4N15O21+4. The molecule has 724 valence electrons. The minimum absolute atomic E-state index is 0. The summed E-state index contributed by atoms with van der Waals surface area (Å²) in [6.07, 6.45) is 9.13. The van der Waals surface area contributed by atoms with E-state index in [2.05, 4.69) is 75.8 Å². The summed E-state index contributed by atoms with van der Waals surface area (Å²) >= 11 is 0.